The number of carbonyl (C=O) groups excluding carboxylic acids is 1. The van der Waals surface area contributed by atoms with E-state index >= 15 is 0 Å². The maximum Gasteiger partial charge on any atom is 0.257 e. The zero-order valence-corrected chi connectivity index (χ0v) is 19.4. The molecule has 7 heteroatoms. The number of morpholine rings is 1. The molecule has 2 heterocycles. The Bertz CT molecular complexity index is 958. The SMILES string of the molecule is CC(C)(CNC(=O)CSc1nc(-c2ccccc2)c(-c2ccccc2)o1)N1CCOCC1. The molecule has 0 radical (unpaired) electrons. The Morgan fingerprint density at radius 1 is 1.03 bits per heavy atom. The van der Waals surface area contributed by atoms with Crippen molar-refractivity contribution in [3.63, 3.8) is 0 Å². The van der Waals surface area contributed by atoms with Crippen LogP contribution in [0.25, 0.3) is 22.6 Å². The average Bonchev–Trinajstić information content (AvgIpc) is 3.28. The maximum atomic E-state index is 12.5. The number of nitrogens with one attached hydrogen (secondary N) is 1. The van der Waals surface area contributed by atoms with Crippen LogP contribution in [0, 0.1) is 0 Å². The Hall–Kier alpha value is -2.61. The zero-order valence-electron chi connectivity index (χ0n) is 18.5. The van der Waals surface area contributed by atoms with Gasteiger partial charge >= 0.3 is 0 Å². The van der Waals surface area contributed by atoms with E-state index in [1.165, 1.54) is 11.8 Å². The molecule has 0 aliphatic carbocycles. The van der Waals surface area contributed by atoms with Crippen LogP contribution in [0.4, 0.5) is 0 Å². The Balaban J connectivity index is 1.41. The lowest BCUT2D eigenvalue weighted by Crippen LogP contribution is -2.55. The van der Waals surface area contributed by atoms with Crippen LogP contribution in [0.2, 0.25) is 0 Å². The summed E-state index contributed by atoms with van der Waals surface area (Å²) in [4.78, 5) is 19.6. The van der Waals surface area contributed by atoms with Gasteiger partial charge in [0.15, 0.2) is 5.76 Å². The first-order valence-corrected chi connectivity index (χ1v) is 11.9. The van der Waals surface area contributed by atoms with E-state index in [1.807, 2.05) is 60.7 Å². The van der Waals surface area contributed by atoms with Crippen molar-refractivity contribution in [3.05, 3.63) is 60.7 Å². The fourth-order valence-electron chi connectivity index (χ4n) is 3.71. The van der Waals surface area contributed by atoms with Crippen LogP contribution < -0.4 is 5.32 Å². The van der Waals surface area contributed by atoms with Gasteiger partial charge in [-0.05, 0) is 13.8 Å². The number of hydrogen-bond acceptors (Lipinski definition) is 6. The van der Waals surface area contributed by atoms with E-state index in [-0.39, 0.29) is 17.2 Å². The third-order valence-electron chi connectivity index (χ3n) is 5.60. The molecule has 0 unspecified atom stereocenters. The van der Waals surface area contributed by atoms with Crippen molar-refractivity contribution >= 4 is 17.7 Å². The summed E-state index contributed by atoms with van der Waals surface area (Å²) in [5.74, 6) is 0.938. The third-order valence-corrected chi connectivity index (χ3v) is 6.43. The topological polar surface area (TPSA) is 67.6 Å². The predicted molar refractivity (Wildman–Crippen MR) is 128 cm³/mol. The van der Waals surface area contributed by atoms with Crippen LogP contribution in [0.5, 0.6) is 0 Å². The quantitative estimate of drug-likeness (QED) is 0.514. The van der Waals surface area contributed by atoms with Crippen LogP contribution in [0.1, 0.15) is 13.8 Å². The average molecular weight is 452 g/mol. The highest BCUT2D eigenvalue weighted by Crippen LogP contribution is 2.35. The number of aromatic nitrogens is 1. The smallest absolute Gasteiger partial charge is 0.257 e. The monoisotopic (exact) mass is 451 g/mol. The number of amides is 1. The Morgan fingerprint density at radius 3 is 2.31 bits per heavy atom. The lowest BCUT2D eigenvalue weighted by atomic mass is 10.0. The predicted octanol–water partition coefficient (Wildman–Crippen LogP) is 4.33. The number of benzene rings is 2. The van der Waals surface area contributed by atoms with Gasteiger partial charge < -0.3 is 14.5 Å². The first-order chi connectivity index (χ1) is 15.5. The van der Waals surface area contributed by atoms with Crippen LogP contribution >= 0.6 is 11.8 Å². The van der Waals surface area contributed by atoms with E-state index in [4.69, 9.17) is 14.1 Å². The largest absolute Gasteiger partial charge is 0.431 e. The zero-order chi connectivity index (χ0) is 22.4. The molecule has 1 N–H and O–H groups in total. The highest BCUT2D eigenvalue weighted by Gasteiger charge is 2.28. The van der Waals surface area contributed by atoms with Gasteiger partial charge in [-0.2, -0.15) is 0 Å². The van der Waals surface area contributed by atoms with Crippen LogP contribution in [0.3, 0.4) is 0 Å². The van der Waals surface area contributed by atoms with E-state index in [9.17, 15) is 4.79 Å². The van der Waals surface area contributed by atoms with Gasteiger partial charge in [0.1, 0.15) is 5.69 Å². The summed E-state index contributed by atoms with van der Waals surface area (Å²) in [7, 11) is 0. The lowest BCUT2D eigenvalue weighted by molar-refractivity contribution is -0.119. The molecule has 1 aliphatic rings. The molecule has 168 valence electrons. The van der Waals surface area contributed by atoms with E-state index in [0.29, 0.717) is 17.5 Å². The fourth-order valence-corrected chi connectivity index (χ4v) is 4.37. The number of hydrogen-bond donors (Lipinski definition) is 1. The normalized spacial score (nSPS) is 14.9. The summed E-state index contributed by atoms with van der Waals surface area (Å²) < 4.78 is 11.5. The highest BCUT2D eigenvalue weighted by atomic mass is 32.2. The van der Waals surface area contributed by atoms with Crippen molar-refractivity contribution in [2.45, 2.75) is 24.6 Å². The van der Waals surface area contributed by atoms with E-state index in [2.05, 4.69) is 24.1 Å². The van der Waals surface area contributed by atoms with Crippen molar-refractivity contribution in [1.29, 1.82) is 0 Å². The molecule has 3 aromatic rings. The Kier molecular flexibility index (Phi) is 7.29. The van der Waals surface area contributed by atoms with Gasteiger partial charge in [-0.15, -0.1) is 0 Å². The van der Waals surface area contributed by atoms with Crippen LogP contribution in [-0.4, -0.2) is 59.9 Å². The van der Waals surface area contributed by atoms with Gasteiger partial charge in [-0.25, -0.2) is 4.98 Å². The van der Waals surface area contributed by atoms with Crippen molar-refractivity contribution in [3.8, 4) is 22.6 Å². The third kappa shape index (κ3) is 5.59. The molecule has 0 saturated carbocycles. The Labute approximate surface area is 193 Å². The molecule has 32 heavy (non-hydrogen) atoms. The minimum Gasteiger partial charge on any atom is -0.431 e. The summed E-state index contributed by atoms with van der Waals surface area (Å²) in [6.07, 6.45) is 0. The number of oxazole rings is 1. The van der Waals surface area contributed by atoms with Crippen molar-refractivity contribution in [1.82, 2.24) is 15.2 Å². The van der Waals surface area contributed by atoms with E-state index in [1.54, 1.807) is 0 Å². The summed E-state index contributed by atoms with van der Waals surface area (Å²) >= 11 is 1.32. The van der Waals surface area contributed by atoms with E-state index in [0.717, 1.165) is 43.1 Å². The van der Waals surface area contributed by atoms with Gasteiger partial charge in [0.05, 0.1) is 19.0 Å². The number of carbonyl (C=O) groups is 1. The molecule has 0 bridgehead atoms. The van der Waals surface area contributed by atoms with Gasteiger partial charge in [-0.1, -0.05) is 72.4 Å². The standard InChI is InChI=1S/C25H29N3O3S/c1-25(2,28-13-15-30-16-14-28)18-26-21(29)17-32-24-27-22(19-9-5-3-6-10-19)23(31-24)20-11-7-4-8-12-20/h3-12H,13-18H2,1-2H3,(H,26,29). The molecule has 1 amide bonds. The van der Waals surface area contributed by atoms with Crippen molar-refractivity contribution in [2.24, 2.45) is 0 Å². The molecule has 1 saturated heterocycles. The molecule has 6 nitrogen and oxygen atoms in total. The molecular formula is C25H29N3O3S. The molecule has 0 atom stereocenters. The molecule has 1 fully saturated rings. The number of thioether (sulfide) groups is 1. The first kappa shape index (κ1) is 22.6. The number of ether oxygens (including phenoxy) is 1. The second-order valence-corrected chi connectivity index (χ2v) is 9.29. The number of rotatable bonds is 8. The molecule has 4 rings (SSSR count). The highest BCUT2D eigenvalue weighted by molar-refractivity contribution is 7.99. The second kappa shape index (κ2) is 10.3. The van der Waals surface area contributed by atoms with Gasteiger partial charge in [0.2, 0.25) is 5.91 Å². The Morgan fingerprint density at radius 2 is 1.66 bits per heavy atom. The summed E-state index contributed by atoms with van der Waals surface area (Å²) in [5.41, 5.74) is 2.61. The summed E-state index contributed by atoms with van der Waals surface area (Å²) in [5, 5.41) is 3.55. The van der Waals surface area contributed by atoms with Crippen LogP contribution in [-0.2, 0) is 9.53 Å². The number of nitrogens with zero attached hydrogens (tertiary/aromatic N) is 2. The molecular weight excluding hydrogens is 422 g/mol. The molecule has 1 aliphatic heterocycles. The van der Waals surface area contributed by atoms with Gasteiger partial charge in [0.25, 0.3) is 5.22 Å². The van der Waals surface area contributed by atoms with Crippen LogP contribution in [0.15, 0.2) is 70.3 Å². The second-order valence-electron chi connectivity index (χ2n) is 8.37. The summed E-state index contributed by atoms with van der Waals surface area (Å²) in [6.45, 7) is 8.14. The fraction of sp³-hybridized carbons (Fsp3) is 0.360. The lowest BCUT2D eigenvalue weighted by Gasteiger charge is -2.40. The van der Waals surface area contributed by atoms with Crippen molar-refractivity contribution in [2.75, 3.05) is 38.6 Å². The van der Waals surface area contributed by atoms with E-state index < -0.39 is 0 Å². The minimum atomic E-state index is -0.117. The first-order valence-electron chi connectivity index (χ1n) is 10.9. The minimum absolute atomic E-state index is 0.0305. The van der Waals surface area contributed by atoms with Gasteiger partial charge in [-0.3, -0.25) is 9.69 Å². The van der Waals surface area contributed by atoms with Crippen molar-refractivity contribution < 1.29 is 13.9 Å². The molecule has 2 aromatic carbocycles. The van der Waals surface area contributed by atoms with Gasteiger partial charge in [0, 0.05) is 36.3 Å². The summed E-state index contributed by atoms with van der Waals surface area (Å²) in [6, 6.07) is 19.9. The maximum absolute atomic E-state index is 12.5. The molecule has 0 spiro atoms. The molecule has 1 aromatic heterocycles.